The minimum absolute atomic E-state index is 0.0443. The van der Waals surface area contributed by atoms with Crippen molar-refractivity contribution in [2.75, 3.05) is 38.6 Å². The van der Waals surface area contributed by atoms with Crippen molar-refractivity contribution in [1.82, 2.24) is 19.4 Å². The normalized spacial score (nSPS) is 15.6. The van der Waals surface area contributed by atoms with Gasteiger partial charge in [0.1, 0.15) is 11.6 Å². The molecule has 0 spiro atoms. The monoisotopic (exact) mass is 357 g/mol. The third kappa shape index (κ3) is 4.35. The van der Waals surface area contributed by atoms with Crippen LogP contribution in [0, 0.1) is 6.92 Å². The summed E-state index contributed by atoms with van der Waals surface area (Å²) in [7, 11) is 3.65. The molecule has 2 aromatic rings. The lowest BCUT2D eigenvalue weighted by molar-refractivity contribution is 0.210. The van der Waals surface area contributed by atoms with E-state index in [-0.39, 0.29) is 6.03 Å². The summed E-state index contributed by atoms with van der Waals surface area (Å²) in [6, 6.07) is 5.63. The number of aryl methyl sites for hydroxylation is 2. The van der Waals surface area contributed by atoms with Crippen LogP contribution in [0.2, 0.25) is 0 Å². The first kappa shape index (κ1) is 18.3. The zero-order valence-corrected chi connectivity index (χ0v) is 15.7. The van der Waals surface area contributed by atoms with Gasteiger partial charge in [0, 0.05) is 51.3 Å². The van der Waals surface area contributed by atoms with Crippen molar-refractivity contribution >= 4 is 11.7 Å². The summed E-state index contributed by atoms with van der Waals surface area (Å²) in [5.41, 5.74) is 1.81. The van der Waals surface area contributed by atoms with Gasteiger partial charge in [-0.05, 0) is 37.1 Å². The third-order valence-corrected chi connectivity index (χ3v) is 4.84. The largest absolute Gasteiger partial charge is 0.497 e. The van der Waals surface area contributed by atoms with Crippen molar-refractivity contribution in [3.8, 4) is 5.75 Å². The van der Waals surface area contributed by atoms with E-state index in [9.17, 15) is 4.79 Å². The van der Waals surface area contributed by atoms with Crippen LogP contribution in [0.5, 0.6) is 5.75 Å². The highest BCUT2D eigenvalue weighted by Crippen LogP contribution is 2.21. The topological polar surface area (TPSA) is 62.6 Å². The van der Waals surface area contributed by atoms with E-state index in [0.29, 0.717) is 6.54 Å². The number of amides is 2. The molecule has 140 valence electrons. The van der Waals surface area contributed by atoms with Gasteiger partial charge in [-0.3, -0.25) is 4.90 Å². The molecule has 3 rings (SSSR count). The fraction of sp³-hybridized carbons (Fsp3) is 0.474. The van der Waals surface area contributed by atoms with Crippen LogP contribution in [0.1, 0.15) is 17.8 Å². The minimum Gasteiger partial charge on any atom is -0.497 e. The molecule has 0 saturated carbocycles. The number of anilines is 1. The van der Waals surface area contributed by atoms with Gasteiger partial charge in [0.05, 0.1) is 13.7 Å². The van der Waals surface area contributed by atoms with Crippen LogP contribution < -0.4 is 10.1 Å². The maximum Gasteiger partial charge on any atom is 0.321 e. The lowest BCUT2D eigenvalue weighted by atomic mass is 10.2. The van der Waals surface area contributed by atoms with Crippen LogP contribution >= 0.6 is 0 Å². The predicted molar refractivity (Wildman–Crippen MR) is 101 cm³/mol. The molecule has 0 radical (unpaired) electrons. The number of nitrogens with zero attached hydrogens (tertiary/aromatic N) is 4. The van der Waals surface area contributed by atoms with Gasteiger partial charge in [0.15, 0.2) is 0 Å². The van der Waals surface area contributed by atoms with Crippen molar-refractivity contribution in [2.45, 2.75) is 19.9 Å². The number of hydrogen-bond acceptors (Lipinski definition) is 4. The Morgan fingerprint density at radius 1 is 1.27 bits per heavy atom. The lowest BCUT2D eigenvalue weighted by Gasteiger charge is -2.22. The fourth-order valence-electron chi connectivity index (χ4n) is 3.18. The Kier molecular flexibility index (Phi) is 5.78. The summed E-state index contributed by atoms with van der Waals surface area (Å²) in [5, 5.41) is 3.02. The Morgan fingerprint density at radius 2 is 2.12 bits per heavy atom. The third-order valence-electron chi connectivity index (χ3n) is 4.84. The summed E-state index contributed by atoms with van der Waals surface area (Å²) >= 11 is 0. The first-order chi connectivity index (χ1) is 12.6. The van der Waals surface area contributed by atoms with E-state index in [1.54, 1.807) is 7.11 Å². The number of imidazole rings is 1. The number of aromatic nitrogens is 2. The fourth-order valence-corrected chi connectivity index (χ4v) is 3.18. The minimum atomic E-state index is -0.0443. The number of hydrogen-bond donors (Lipinski definition) is 1. The van der Waals surface area contributed by atoms with E-state index in [1.807, 2.05) is 54.0 Å². The van der Waals surface area contributed by atoms with Crippen molar-refractivity contribution in [1.29, 1.82) is 0 Å². The molecule has 0 atom stereocenters. The summed E-state index contributed by atoms with van der Waals surface area (Å²) < 4.78 is 7.26. The number of nitrogens with one attached hydrogen (secondary N) is 1. The number of carbonyl (C=O) groups is 1. The first-order valence-electron chi connectivity index (χ1n) is 8.96. The van der Waals surface area contributed by atoms with Crippen molar-refractivity contribution < 1.29 is 9.53 Å². The Morgan fingerprint density at radius 3 is 2.81 bits per heavy atom. The average Bonchev–Trinajstić information content (AvgIpc) is 2.89. The Hall–Kier alpha value is -2.54. The summed E-state index contributed by atoms with van der Waals surface area (Å²) in [4.78, 5) is 21.3. The molecule has 0 bridgehead atoms. The lowest BCUT2D eigenvalue weighted by Crippen LogP contribution is -2.38. The number of rotatable bonds is 4. The summed E-state index contributed by atoms with van der Waals surface area (Å²) in [6.45, 7) is 6.08. The van der Waals surface area contributed by atoms with E-state index in [1.165, 1.54) is 0 Å². The van der Waals surface area contributed by atoms with Crippen molar-refractivity contribution in [3.63, 3.8) is 0 Å². The quantitative estimate of drug-likeness (QED) is 0.913. The van der Waals surface area contributed by atoms with Gasteiger partial charge >= 0.3 is 6.03 Å². The van der Waals surface area contributed by atoms with Crippen LogP contribution in [-0.4, -0.2) is 58.7 Å². The highest BCUT2D eigenvalue weighted by atomic mass is 16.5. The van der Waals surface area contributed by atoms with E-state index in [2.05, 4.69) is 15.2 Å². The standard InChI is InChI=1S/C19H27N5O2/c1-15-13-16(26-3)5-6-17(15)21-19(25)24-9-4-8-23(11-12-24)14-18-20-7-10-22(18)2/h5-7,10,13H,4,8-9,11-12,14H2,1-3H3,(H,21,25). The van der Waals surface area contributed by atoms with Gasteiger partial charge in [0.2, 0.25) is 0 Å². The second-order valence-corrected chi connectivity index (χ2v) is 6.68. The molecule has 0 unspecified atom stereocenters. The van der Waals surface area contributed by atoms with Crippen LogP contribution in [-0.2, 0) is 13.6 Å². The Balaban J connectivity index is 1.56. The molecule has 7 heteroatoms. The molecular weight excluding hydrogens is 330 g/mol. The van der Waals surface area contributed by atoms with Crippen LogP contribution in [0.4, 0.5) is 10.5 Å². The molecule has 2 heterocycles. The van der Waals surface area contributed by atoms with E-state index >= 15 is 0 Å². The van der Waals surface area contributed by atoms with Gasteiger partial charge in [-0.25, -0.2) is 9.78 Å². The highest BCUT2D eigenvalue weighted by molar-refractivity contribution is 5.90. The van der Waals surface area contributed by atoms with Gasteiger partial charge < -0.3 is 19.5 Å². The molecule has 2 amide bonds. The SMILES string of the molecule is COc1ccc(NC(=O)N2CCCN(Cc3nccn3C)CC2)c(C)c1. The average molecular weight is 357 g/mol. The molecule has 1 aliphatic heterocycles. The predicted octanol–water partition coefficient (Wildman–Crippen LogP) is 2.48. The van der Waals surface area contributed by atoms with E-state index < -0.39 is 0 Å². The molecule has 1 aromatic carbocycles. The Labute approximate surface area is 154 Å². The van der Waals surface area contributed by atoms with Gasteiger partial charge in [-0.15, -0.1) is 0 Å². The second kappa shape index (κ2) is 8.23. The zero-order valence-electron chi connectivity index (χ0n) is 15.7. The van der Waals surface area contributed by atoms with Crippen molar-refractivity contribution in [3.05, 3.63) is 42.0 Å². The number of carbonyl (C=O) groups excluding carboxylic acids is 1. The van der Waals surface area contributed by atoms with Crippen LogP contribution in [0.25, 0.3) is 0 Å². The first-order valence-corrected chi connectivity index (χ1v) is 8.96. The maximum atomic E-state index is 12.7. The maximum absolute atomic E-state index is 12.7. The number of benzene rings is 1. The number of methoxy groups -OCH3 is 1. The summed E-state index contributed by atoms with van der Waals surface area (Å²) in [5.74, 6) is 1.84. The highest BCUT2D eigenvalue weighted by Gasteiger charge is 2.20. The van der Waals surface area contributed by atoms with Gasteiger partial charge in [-0.1, -0.05) is 0 Å². The number of ether oxygens (including phenoxy) is 1. The molecule has 1 N–H and O–H groups in total. The molecule has 0 aliphatic carbocycles. The van der Waals surface area contributed by atoms with Gasteiger partial charge in [-0.2, -0.15) is 0 Å². The molecule has 1 saturated heterocycles. The number of urea groups is 1. The van der Waals surface area contributed by atoms with Crippen LogP contribution in [0.15, 0.2) is 30.6 Å². The van der Waals surface area contributed by atoms with E-state index in [0.717, 1.165) is 55.4 Å². The molecule has 7 nitrogen and oxygen atoms in total. The van der Waals surface area contributed by atoms with Crippen LogP contribution in [0.3, 0.4) is 0 Å². The Bertz CT molecular complexity index is 758. The van der Waals surface area contributed by atoms with E-state index in [4.69, 9.17) is 4.74 Å². The zero-order chi connectivity index (χ0) is 18.5. The van der Waals surface area contributed by atoms with Gasteiger partial charge in [0.25, 0.3) is 0 Å². The molecule has 1 aromatic heterocycles. The molecular formula is C19H27N5O2. The molecule has 1 fully saturated rings. The molecule has 1 aliphatic rings. The second-order valence-electron chi connectivity index (χ2n) is 6.68. The van der Waals surface area contributed by atoms with Crippen molar-refractivity contribution in [2.24, 2.45) is 7.05 Å². The molecule has 26 heavy (non-hydrogen) atoms. The summed E-state index contributed by atoms with van der Waals surface area (Å²) in [6.07, 6.45) is 4.74. The smallest absolute Gasteiger partial charge is 0.321 e.